The van der Waals surface area contributed by atoms with Crippen LogP contribution in [-0.4, -0.2) is 29.9 Å². The highest BCUT2D eigenvalue weighted by Crippen LogP contribution is 2.47. The van der Waals surface area contributed by atoms with Gasteiger partial charge < -0.3 is 26.5 Å². The molecule has 18 heterocycles. The highest BCUT2D eigenvalue weighted by atomic mass is 16.4. The SMILES string of the molecule is Cc1cc[n+](C)c(-c2c(C)ccc3c2oc2c(C(C)C)ccnc23)c1.Cc1cc[n+](C)c(-c2c(C)ccc3c2oc2c(C(C)C)cncc23)c1.Cc1cc[n+](C)c(-c2c(C)ccc3c2oc2c(C(C)C)nccc23)c1.Cc1cc[n+](C)c(-c2c(C)ccc3c2oc2ncc(C(C)C)cc23)c1.Cc1cnc2c(oc3c(C(C)C)cccc32)c1-c1cccc[n+]1C.Cc1ncc2c(oc3c(C(C)C)cccc32)c1-c1cccc[n+]1C. The molecule has 0 N–H and O–H groups in total. The Labute approximate surface area is 865 Å². The molecule has 24 aromatic rings. The molecule has 24 rings (SSSR count). The van der Waals surface area contributed by atoms with E-state index in [0.29, 0.717) is 41.2 Å². The van der Waals surface area contributed by atoms with Crippen LogP contribution in [0.2, 0.25) is 0 Å². The van der Waals surface area contributed by atoms with Crippen molar-refractivity contribution in [2.75, 3.05) is 0 Å². The van der Waals surface area contributed by atoms with Crippen molar-refractivity contribution in [3.8, 4) is 67.5 Å². The van der Waals surface area contributed by atoms with E-state index in [1.807, 2.05) is 62.4 Å². The molecule has 148 heavy (non-hydrogen) atoms. The molecular weight excluding hydrogens is 1830 g/mol. The summed E-state index contributed by atoms with van der Waals surface area (Å²) in [5, 5.41) is 11.2. The fraction of sp³-hybridized carbons (Fsp3) is 0.262. The van der Waals surface area contributed by atoms with Crippen molar-refractivity contribution in [3.05, 3.63) is 358 Å². The highest BCUT2D eigenvalue weighted by molar-refractivity contribution is 6.15. The highest BCUT2D eigenvalue weighted by Gasteiger charge is 2.32. The zero-order valence-electron chi connectivity index (χ0n) is 90.7. The van der Waals surface area contributed by atoms with Crippen molar-refractivity contribution in [2.24, 2.45) is 42.3 Å². The van der Waals surface area contributed by atoms with Gasteiger partial charge in [0, 0.05) is 181 Å². The molecule has 0 saturated heterocycles. The Morgan fingerprint density at radius 2 is 0.601 bits per heavy atom. The summed E-state index contributed by atoms with van der Waals surface area (Å²) in [6, 6.07) is 66.1. The Morgan fingerprint density at radius 1 is 0.223 bits per heavy atom. The van der Waals surface area contributed by atoms with Gasteiger partial charge in [-0.3, -0.25) is 24.9 Å². The minimum absolute atomic E-state index is 0.323. The third kappa shape index (κ3) is 18.8. The predicted octanol–water partition coefficient (Wildman–Crippen LogP) is 30.7. The number of pyridine rings is 12. The Kier molecular flexibility index (Phi) is 27.9. The quantitative estimate of drug-likeness (QED) is 0.106. The van der Waals surface area contributed by atoms with Crippen molar-refractivity contribution in [2.45, 2.75) is 188 Å². The second kappa shape index (κ2) is 41.1. The summed E-state index contributed by atoms with van der Waals surface area (Å²) in [5.74, 6) is 2.36. The average Bonchev–Trinajstić information content (AvgIpc) is 1.63. The zero-order chi connectivity index (χ0) is 105. The van der Waals surface area contributed by atoms with Crippen LogP contribution >= 0.6 is 0 Å². The molecule has 18 nitrogen and oxygen atoms in total. The van der Waals surface area contributed by atoms with Crippen molar-refractivity contribution >= 4 is 132 Å². The van der Waals surface area contributed by atoms with Gasteiger partial charge in [-0.1, -0.05) is 156 Å². The summed E-state index contributed by atoms with van der Waals surface area (Å²) in [7, 11) is 12.4. The van der Waals surface area contributed by atoms with Gasteiger partial charge in [0.25, 0.3) is 0 Å². The molecule has 0 aliphatic rings. The third-order valence-electron chi connectivity index (χ3n) is 29.1. The van der Waals surface area contributed by atoms with Crippen molar-refractivity contribution in [3.63, 3.8) is 0 Å². The zero-order valence-corrected chi connectivity index (χ0v) is 90.7. The van der Waals surface area contributed by atoms with E-state index in [9.17, 15) is 0 Å². The molecule has 0 unspecified atom stereocenters. The Hall–Kier alpha value is -16.1. The summed E-state index contributed by atoms with van der Waals surface area (Å²) in [6.07, 6.45) is 25.9. The summed E-state index contributed by atoms with van der Waals surface area (Å²) in [4.78, 5) is 27.5. The molecule has 0 atom stereocenters. The van der Waals surface area contributed by atoms with E-state index < -0.39 is 0 Å². The first-order chi connectivity index (χ1) is 71.0. The van der Waals surface area contributed by atoms with Crippen LogP contribution in [0.4, 0.5) is 0 Å². The van der Waals surface area contributed by atoms with Gasteiger partial charge in [0.15, 0.2) is 70.7 Å². The molecule has 6 aromatic carbocycles. The second-order valence-electron chi connectivity index (χ2n) is 42.1. The first-order valence-electron chi connectivity index (χ1n) is 51.6. The number of benzene rings is 6. The molecule has 18 aromatic heterocycles. The van der Waals surface area contributed by atoms with Gasteiger partial charge in [-0.05, 0) is 214 Å². The van der Waals surface area contributed by atoms with Gasteiger partial charge >= 0.3 is 0 Å². The second-order valence-corrected chi connectivity index (χ2v) is 42.1. The monoisotopic (exact) mass is 1960 g/mol. The predicted molar refractivity (Wildman–Crippen MR) is 601 cm³/mol. The first kappa shape index (κ1) is 101. The maximum atomic E-state index is 6.45. The summed E-state index contributed by atoms with van der Waals surface area (Å²) in [5.41, 5.74) is 45.6. The lowest BCUT2D eigenvalue weighted by atomic mass is 9.99. The van der Waals surface area contributed by atoms with Crippen molar-refractivity contribution in [1.82, 2.24) is 29.9 Å². The van der Waals surface area contributed by atoms with Gasteiger partial charge in [-0.25, -0.2) is 32.4 Å². The maximum absolute atomic E-state index is 6.45. The molecule has 0 aliphatic carbocycles. The Balaban J connectivity index is 0.000000112. The van der Waals surface area contributed by atoms with Crippen LogP contribution in [0.5, 0.6) is 0 Å². The van der Waals surface area contributed by atoms with Gasteiger partial charge in [0.2, 0.25) is 39.9 Å². The number of aromatic nitrogens is 12. The molecule has 0 amide bonds. The van der Waals surface area contributed by atoms with E-state index in [2.05, 4.69) is 458 Å². The van der Waals surface area contributed by atoms with Crippen LogP contribution < -0.4 is 27.4 Å². The average molecular weight is 1960 g/mol. The van der Waals surface area contributed by atoms with Crippen LogP contribution in [0, 0.1) is 69.2 Å². The number of furan rings is 6. The van der Waals surface area contributed by atoms with E-state index in [-0.39, 0.29) is 0 Å². The summed E-state index contributed by atoms with van der Waals surface area (Å²) < 4.78 is 51.2. The number of nitrogens with zero attached hydrogens (tertiary/aromatic N) is 12. The lowest BCUT2D eigenvalue weighted by molar-refractivity contribution is -0.660. The normalized spacial score (nSPS) is 11.7. The standard InChI is InChI=1S/4C22H23N2O.2C21H21N2O/c1-13(2)16-8-10-23-20-17-7-6-15(4)19(21(17)25-22(16)20)18-12-14(3)9-11-24(18)5;1-13(2)20-22-17(8-10-23-20)16-7-6-15(4)19(21(16)25-22)18-12-14(3)9-11-24(18)5;1-13(2)16-11-18-17-7-6-15(4)20(21(17)25-22(18)23-12-16)19-10-14(3)8-9-24(19)5;1-13(2)17-11-23-12-18-16-7-6-15(4)20(22(16)25-21(17)18)19-10-14(3)8-9-24(19)5;1-13(2)15-8-7-9-16-17-12-22-14(3)19(21(17)24-20(15)16)18-10-5-6-11-23(18)4;1-13(2)15-8-7-9-16-19-21(24-20(15)16)18(14(3)12-22-19)17-10-5-6-11-23(17)4/h4*6-13H,1-5H3;2*5-13H,1-4H3/q6*+1. The van der Waals surface area contributed by atoms with E-state index in [1.165, 1.54) is 78.1 Å². The van der Waals surface area contributed by atoms with Crippen LogP contribution in [0.25, 0.3) is 200 Å². The largest absolute Gasteiger partial charge is 0.455 e. The minimum atomic E-state index is 0.323. The van der Waals surface area contributed by atoms with Crippen LogP contribution in [0.1, 0.15) is 208 Å². The molecule has 0 bridgehead atoms. The van der Waals surface area contributed by atoms with Crippen LogP contribution in [0.3, 0.4) is 0 Å². The van der Waals surface area contributed by atoms with Gasteiger partial charge in [0.05, 0.1) is 39.2 Å². The molecular formula is C130H134N12O6+6. The van der Waals surface area contributed by atoms with Crippen LogP contribution in [-0.2, 0) is 42.3 Å². The molecule has 0 aliphatic heterocycles. The maximum Gasteiger partial charge on any atom is 0.227 e. The molecule has 0 saturated carbocycles. The molecule has 0 spiro atoms. The molecule has 18 heteroatoms. The number of para-hydroxylation sites is 2. The molecule has 744 valence electrons. The lowest BCUT2D eigenvalue weighted by Crippen LogP contribution is -2.30. The van der Waals surface area contributed by atoms with Crippen LogP contribution in [0.15, 0.2) is 295 Å². The van der Waals surface area contributed by atoms with Gasteiger partial charge in [-0.15, -0.1) is 0 Å². The van der Waals surface area contributed by atoms with Crippen molar-refractivity contribution < 1.29 is 53.9 Å². The lowest BCUT2D eigenvalue weighted by Gasteiger charge is -2.06. The fourth-order valence-corrected chi connectivity index (χ4v) is 20.8. The number of aryl methyl sites for hydroxylation is 16. The van der Waals surface area contributed by atoms with Gasteiger partial charge in [0.1, 0.15) is 86.8 Å². The fourth-order valence-electron chi connectivity index (χ4n) is 20.8. The summed E-state index contributed by atoms with van der Waals surface area (Å²) >= 11 is 0. The third-order valence-corrected chi connectivity index (χ3v) is 29.1. The molecule has 0 fully saturated rings. The smallest absolute Gasteiger partial charge is 0.227 e. The van der Waals surface area contributed by atoms with E-state index >= 15 is 0 Å². The van der Waals surface area contributed by atoms with E-state index in [1.54, 1.807) is 0 Å². The molecule has 0 radical (unpaired) electrons. The number of hydrogen-bond acceptors (Lipinski definition) is 12. The van der Waals surface area contributed by atoms with Gasteiger partial charge in [-0.2, -0.15) is 0 Å². The number of fused-ring (bicyclic) bond motifs is 18. The van der Waals surface area contributed by atoms with Crippen molar-refractivity contribution in [1.29, 1.82) is 0 Å². The first-order valence-corrected chi connectivity index (χ1v) is 51.6. The Bertz CT molecular complexity index is 8680. The minimum Gasteiger partial charge on any atom is -0.455 e. The number of rotatable bonds is 12. The number of hydrogen-bond donors (Lipinski definition) is 0. The Morgan fingerprint density at radius 3 is 1.10 bits per heavy atom. The van der Waals surface area contributed by atoms with E-state index in [0.717, 1.165) is 205 Å². The topological polar surface area (TPSA) is 179 Å². The van der Waals surface area contributed by atoms with E-state index in [4.69, 9.17) is 26.5 Å². The summed E-state index contributed by atoms with van der Waals surface area (Å²) in [6.45, 7) is 47.4.